The van der Waals surface area contributed by atoms with E-state index in [2.05, 4.69) is 9.80 Å². The number of ketones is 2. The second-order valence-electron chi connectivity index (χ2n) is 7.60. The molecule has 0 atom stereocenters. The molecule has 1 saturated heterocycles. The average molecular weight is 403 g/mol. The van der Waals surface area contributed by atoms with Gasteiger partial charge in [0.2, 0.25) is 0 Å². The molecule has 156 valence electrons. The number of carbonyl (C=O) groups excluding carboxylic acids is 2. The lowest BCUT2D eigenvalue weighted by Gasteiger charge is -2.34. The Hall–Kier alpha value is -2.82. The molecule has 4 nitrogen and oxygen atoms in total. The molecule has 0 aliphatic carbocycles. The lowest BCUT2D eigenvalue weighted by atomic mass is 10.1. The van der Waals surface area contributed by atoms with E-state index < -0.39 is 0 Å². The van der Waals surface area contributed by atoms with Crippen molar-refractivity contribution in [2.45, 2.75) is 12.8 Å². The highest BCUT2D eigenvalue weighted by atomic mass is 16.1. The molecule has 0 spiro atoms. The summed E-state index contributed by atoms with van der Waals surface area (Å²) in [7, 11) is 0. The van der Waals surface area contributed by atoms with Gasteiger partial charge in [0.1, 0.15) is 0 Å². The van der Waals surface area contributed by atoms with Crippen LogP contribution in [-0.2, 0) is 9.59 Å². The Morgan fingerprint density at radius 1 is 0.633 bits per heavy atom. The molecule has 0 radical (unpaired) electrons. The first kappa shape index (κ1) is 21.9. The van der Waals surface area contributed by atoms with Crippen molar-refractivity contribution in [3.63, 3.8) is 0 Å². The van der Waals surface area contributed by atoms with Crippen molar-refractivity contribution < 1.29 is 9.59 Å². The quantitative estimate of drug-likeness (QED) is 0.564. The largest absolute Gasteiger partial charge is 0.300 e. The number of allylic oxidation sites excluding steroid dienone is 2. The monoisotopic (exact) mass is 402 g/mol. The van der Waals surface area contributed by atoms with E-state index in [-0.39, 0.29) is 11.6 Å². The Labute approximate surface area is 179 Å². The fraction of sp³-hybridized carbons (Fsp3) is 0.308. The third kappa shape index (κ3) is 7.90. The van der Waals surface area contributed by atoms with Crippen LogP contribution in [0.4, 0.5) is 0 Å². The van der Waals surface area contributed by atoms with Gasteiger partial charge in [-0.15, -0.1) is 0 Å². The molecule has 1 heterocycles. The van der Waals surface area contributed by atoms with Crippen LogP contribution in [0, 0.1) is 0 Å². The molecule has 1 aliphatic heterocycles. The smallest absolute Gasteiger partial charge is 0.156 e. The third-order valence-corrected chi connectivity index (χ3v) is 5.34. The second-order valence-corrected chi connectivity index (χ2v) is 7.60. The number of hydrogen-bond donors (Lipinski definition) is 0. The zero-order valence-corrected chi connectivity index (χ0v) is 17.5. The standard InChI is InChI=1S/C26H30N2O2/c29-25(13-11-23-7-3-1-4-8-23)15-17-27-19-21-28(22-20-27)18-16-26(30)14-12-24-9-5-2-6-10-24/h1-14H,15-22H2/b13-11-,14-12+. The van der Waals surface area contributed by atoms with Gasteiger partial charge in [-0.05, 0) is 23.3 Å². The molecule has 0 bridgehead atoms. The first-order chi connectivity index (χ1) is 14.7. The van der Waals surface area contributed by atoms with Gasteiger partial charge in [-0.25, -0.2) is 0 Å². The Kier molecular flexibility index (Phi) is 8.76. The summed E-state index contributed by atoms with van der Waals surface area (Å²) in [6.07, 6.45) is 8.21. The molecule has 0 N–H and O–H groups in total. The SMILES string of the molecule is O=C(/C=C\c1ccccc1)CCN1CCN(CCC(=O)/C=C/c2ccccc2)CC1. The number of rotatable bonds is 10. The molecule has 4 heteroatoms. The van der Waals surface area contributed by atoms with E-state index in [1.807, 2.05) is 72.8 Å². The Balaban J connectivity index is 1.30. The van der Waals surface area contributed by atoms with E-state index in [1.165, 1.54) is 0 Å². The third-order valence-electron chi connectivity index (χ3n) is 5.34. The summed E-state index contributed by atoms with van der Waals surface area (Å²) in [5.41, 5.74) is 2.10. The second kappa shape index (κ2) is 12.0. The zero-order chi connectivity index (χ0) is 21.0. The molecule has 2 aromatic rings. The van der Waals surface area contributed by atoms with Crippen LogP contribution in [0.5, 0.6) is 0 Å². The van der Waals surface area contributed by atoms with Crippen molar-refractivity contribution in [3.05, 3.63) is 83.9 Å². The molecule has 0 unspecified atom stereocenters. The topological polar surface area (TPSA) is 40.6 Å². The van der Waals surface area contributed by atoms with Gasteiger partial charge in [-0.1, -0.05) is 72.8 Å². The van der Waals surface area contributed by atoms with Crippen LogP contribution in [0.3, 0.4) is 0 Å². The predicted molar refractivity (Wildman–Crippen MR) is 123 cm³/mol. The maximum atomic E-state index is 12.1. The molecular formula is C26H30N2O2. The number of benzene rings is 2. The molecule has 0 saturated carbocycles. The average Bonchev–Trinajstić information content (AvgIpc) is 2.80. The van der Waals surface area contributed by atoms with E-state index in [0.717, 1.165) is 50.4 Å². The molecule has 0 aromatic heterocycles. The highest BCUT2D eigenvalue weighted by Gasteiger charge is 2.17. The predicted octanol–water partition coefficient (Wildman–Crippen LogP) is 3.95. The van der Waals surface area contributed by atoms with Crippen LogP contribution in [0.1, 0.15) is 24.0 Å². The van der Waals surface area contributed by atoms with Gasteiger partial charge in [0.25, 0.3) is 0 Å². The minimum Gasteiger partial charge on any atom is -0.300 e. The lowest BCUT2D eigenvalue weighted by Crippen LogP contribution is -2.47. The fourth-order valence-corrected chi connectivity index (χ4v) is 3.45. The molecule has 1 fully saturated rings. The highest BCUT2D eigenvalue weighted by Crippen LogP contribution is 2.07. The van der Waals surface area contributed by atoms with Crippen molar-refractivity contribution in [2.24, 2.45) is 0 Å². The number of nitrogens with zero attached hydrogens (tertiary/aromatic N) is 2. The maximum Gasteiger partial charge on any atom is 0.156 e. The van der Waals surface area contributed by atoms with E-state index >= 15 is 0 Å². The summed E-state index contributed by atoms with van der Waals surface area (Å²) in [6, 6.07) is 19.8. The first-order valence-corrected chi connectivity index (χ1v) is 10.7. The Morgan fingerprint density at radius 2 is 1.00 bits per heavy atom. The van der Waals surface area contributed by atoms with E-state index in [1.54, 1.807) is 12.2 Å². The normalized spacial score (nSPS) is 15.7. The minimum atomic E-state index is 0.164. The van der Waals surface area contributed by atoms with Crippen LogP contribution in [0.15, 0.2) is 72.8 Å². The van der Waals surface area contributed by atoms with Crippen LogP contribution in [-0.4, -0.2) is 60.6 Å². The lowest BCUT2D eigenvalue weighted by molar-refractivity contribution is -0.116. The van der Waals surface area contributed by atoms with Crippen molar-refractivity contribution in [1.29, 1.82) is 0 Å². The summed E-state index contributed by atoms with van der Waals surface area (Å²) < 4.78 is 0. The van der Waals surface area contributed by atoms with Gasteiger partial charge in [-0.2, -0.15) is 0 Å². The van der Waals surface area contributed by atoms with Gasteiger partial charge in [0, 0.05) is 52.1 Å². The van der Waals surface area contributed by atoms with Gasteiger partial charge in [0.15, 0.2) is 11.6 Å². The summed E-state index contributed by atoms with van der Waals surface area (Å²) in [6.45, 7) is 5.38. The zero-order valence-electron chi connectivity index (χ0n) is 17.5. The Bertz CT molecular complexity index is 778. The summed E-state index contributed by atoms with van der Waals surface area (Å²) in [5.74, 6) is 0.328. The molecule has 0 amide bonds. The van der Waals surface area contributed by atoms with Crippen LogP contribution >= 0.6 is 0 Å². The van der Waals surface area contributed by atoms with Crippen LogP contribution in [0.2, 0.25) is 0 Å². The van der Waals surface area contributed by atoms with Gasteiger partial charge >= 0.3 is 0 Å². The number of hydrogen-bond acceptors (Lipinski definition) is 4. The first-order valence-electron chi connectivity index (χ1n) is 10.7. The Morgan fingerprint density at radius 3 is 1.37 bits per heavy atom. The summed E-state index contributed by atoms with van der Waals surface area (Å²) in [4.78, 5) is 28.9. The maximum absolute atomic E-state index is 12.1. The van der Waals surface area contributed by atoms with Crippen molar-refractivity contribution in [1.82, 2.24) is 9.80 Å². The number of carbonyl (C=O) groups is 2. The fourth-order valence-electron chi connectivity index (χ4n) is 3.45. The minimum absolute atomic E-state index is 0.164. The van der Waals surface area contributed by atoms with E-state index in [9.17, 15) is 9.59 Å². The van der Waals surface area contributed by atoms with Crippen molar-refractivity contribution >= 4 is 23.7 Å². The summed E-state index contributed by atoms with van der Waals surface area (Å²) >= 11 is 0. The van der Waals surface area contributed by atoms with Gasteiger partial charge in [0.05, 0.1) is 0 Å². The van der Waals surface area contributed by atoms with Crippen molar-refractivity contribution in [3.8, 4) is 0 Å². The van der Waals surface area contributed by atoms with Gasteiger partial charge < -0.3 is 9.80 Å². The van der Waals surface area contributed by atoms with Crippen LogP contribution < -0.4 is 0 Å². The molecule has 3 rings (SSSR count). The van der Waals surface area contributed by atoms with E-state index in [0.29, 0.717) is 12.8 Å². The summed E-state index contributed by atoms with van der Waals surface area (Å²) in [5, 5.41) is 0. The van der Waals surface area contributed by atoms with Crippen molar-refractivity contribution in [2.75, 3.05) is 39.3 Å². The molecule has 1 aliphatic rings. The van der Waals surface area contributed by atoms with E-state index in [4.69, 9.17) is 0 Å². The number of piperazine rings is 1. The highest BCUT2D eigenvalue weighted by molar-refractivity contribution is 5.94. The van der Waals surface area contributed by atoms with Gasteiger partial charge in [-0.3, -0.25) is 9.59 Å². The molecular weight excluding hydrogens is 372 g/mol. The molecule has 30 heavy (non-hydrogen) atoms. The molecule has 2 aromatic carbocycles. The van der Waals surface area contributed by atoms with Crippen LogP contribution in [0.25, 0.3) is 12.2 Å².